The molecule has 1 rings (SSSR count). The van der Waals surface area contributed by atoms with E-state index in [0.717, 1.165) is 13.8 Å². The highest BCUT2D eigenvalue weighted by Crippen LogP contribution is 2.25. The molecule has 0 saturated carbocycles. The fourth-order valence-corrected chi connectivity index (χ4v) is 1.75. The molecule has 0 aromatic rings. The first-order chi connectivity index (χ1) is 8.36. The summed E-state index contributed by atoms with van der Waals surface area (Å²) >= 11 is 0. The Balaban J connectivity index is 2.89. The van der Waals surface area contributed by atoms with Gasteiger partial charge in [0.2, 0.25) is 5.91 Å². The van der Waals surface area contributed by atoms with Crippen LogP contribution in [0.2, 0.25) is 0 Å². The topological polar surface area (TPSA) is 84.9 Å². The smallest absolute Gasteiger partial charge is 0.303 e. The van der Waals surface area contributed by atoms with Crippen molar-refractivity contribution >= 4 is 11.9 Å². The molecule has 0 unspecified atom stereocenters. The highest BCUT2D eigenvalue weighted by atomic mass is 19.1. The summed E-state index contributed by atoms with van der Waals surface area (Å²) in [4.78, 5) is 21.8. The van der Waals surface area contributed by atoms with Crippen molar-refractivity contribution in [3.8, 4) is 0 Å². The van der Waals surface area contributed by atoms with E-state index in [4.69, 9.17) is 0 Å². The molecule has 6 nitrogen and oxygen atoms in total. The van der Waals surface area contributed by atoms with Crippen LogP contribution in [0.1, 0.15) is 13.8 Å². The van der Waals surface area contributed by atoms with Crippen molar-refractivity contribution in [2.24, 2.45) is 0 Å². The van der Waals surface area contributed by atoms with Crippen molar-refractivity contribution in [1.82, 2.24) is 5.32 Å². The minimum atomic E-state index is -1.97. The van der Waals surface area contributed by atoms with Gasteiger partial charge >= 0.3 is 5.97 Å². The van der Waals surface area contributed by atoms with E-state index >= 15 is 0 Å². The van der Waals surface area contributed by atoms with Gasteiger partial charge in [0.05, 0.1) is 0 Å². The molecule has 0 bridgehead atoms. The van der Waals surface area contributed by atoms with Gasteiger partial charge in [-0.1, -0.05) is 0 Å². The summed E-state index contributed by atoms with van der Waals surface area (Å²) in [5, 5.41) is 11.8. The third-order valence-electron chi connectivity index (χ3n) is 2.47. The number of ether oxygens (including phenoxy) is 2. The Labute approximate surface area is 102 Å². The average molecular weight is 267 g/mol. The number of rotatable bonds is 3. The standard InChI is InChI=1S/C10H15F2NO5/c1-4(14)13-8-9(17-5(2)15)7(12)6(3-11)18-10(8)16/h6-10,16H,3H2,1-2H3,(H,13,14)/t6-,7-,8-,9+,10+/m1/s1. The molecule has 1 fully saturated rings. The van der Waals surface area contributed by atoms with Crippen molar-refractivity contribution < 1.29 is 33.0 Å². The van der Waals surface area contributed by atoms with E-state index in [2.05, 4.69) is 14.8 Å². The maximum Gasteiger partial charge on any atom is 0.303 e. The molecule has 5 atom stereocenters. The average Bonchev–Trinajstić information content (AvgIpc) is 2.27. The van der Waals surface area contributed by atoms with Gasteiger partial charge in [-0.25, -0.2) is 8.78 Å². The number of aliphatic hydroxyl groups excluding tert-OH is 1. The van der Waals surface area contributed by atoms with Crippen molar-refractivity contribution in [3.63, 3.8) is 0 Å². The van der Waals surface area contributed by atoms with Gasteiger partial charge in [0, 0.05) is 13.8 Å². The third-order valence-corrected chi connectivity index (χ3v) is 2.47. The van der Waals surface area contributed by atoms with Crippen LogP contribution in [0.15, 0.2) is 0 Å². The van der Waals surface area contributed by atoms with Crippen molar-refractivity contribution in [2.75, 3.05) is 6.67 Å². The Morgan fingerprint density at radius 2 is 2.06 bits per heavy atom. The minimum Gasteiger partial charge on any atom is -0.457 e. The van der Waals surface area contributed by atoms with Gasteiger partial charge in [-0.3, -0.25) is 9.59 Å². The SMILES string of the molecule is CC(=O)N[C@@H]1[C@@H](OC(C)=O)[C@H](F)[C@@H](CF)O[C@@H]1O. The van der Waals surface area contributed by atoms with Crippen LogP contribution >= 0.6 is 0 Å². The lowest BCUT2D eigenvalue weighted by atomic mass is 9.98. The Bertz CT molecular complexity index is 327. The summed E-state index contributed by atoms with van der Waals surface area (Å²) in [7, 11) is 0. The number of hydrogen-bond donors (Lipinski definition) is 2. The Hall–Kier alpha value is -1.28. The van der Waals surface area contributed by atoms with Gasteiger partial charge < -0.3 is 19.9 Å². The zero-order valence-electron chi connectivity index (χ0n) is 9.93. The van der Waals surface area contributed by atoms with E-state index in [9.17, 15) is 23.5 Å². The predicted molar refractivity (Wildman–Crippen MR) is 54.9 cm³/mol. The van der Waals surface area contributed by atoms with Crippen LogP contribution in [-0.4, -0.2) is 54.4 Å². The number of nitrogens with one attached hydrogen (secondary N) is 1. The largest absolute Gasteiger partial charge is 0.457 e. The fraction of sp³-hybridized carbons (Fsp3) is 0.800. The zero-order chi connectivity index (χ0) is 13.9. The van der Waals surface area contributed by atoms with E-state index < -0.39 is 49.3 Å². The molecule has 8 heteroatoms. The van der Waals surface area contributed by atoms with Crippen LogP contribution in [0.5, 0.6) is 0 Å². The Morgan fingerprint density at radius 1 is 1.44 bits per heavy atom. The molecule has 104 valence electrons. The number of alkyl halides is 2. The van der Waals surface area contributed by atoms with Crippen molar-refractivity contribution in [1.29, 1.82) is 0 Å². The summed E-state index contributed by atoms with van der Waals surface area (Å²) in [5.41, 5.74) is 0. The predicted octanol–water partition coefficient (Wildman–Crippen LogP) is -0.552. The fourth-order valence-electron chi connectivity index (χ4n) is 1.75. The number of carbonyl (C=O) groups is 2. The lowest BCUT2D eigenvalue weighted by Crippen LogP contribution is -2.63. The molecule has 1 saturated heterocycles. The second kappa shape index (κ2) is 6.05. The maximum absolute atomic E-state index is 13.8. The molecular formula is C10H15F2NO5. The highest BCUT2D eigenvalue weighted by Gasteiger charge is 2.48. The number of hydrogen-bond acceptors (Lipinski definition) is 5. The van der Waals surface area contributed by atoms with Crippen LogP contribution in [0, 0.1) is 0 Å². The van der Waals surface area contributed by atoms with Crippen LogP contribution in [-0.2, 0) is 19.1 Å². The molecule has 0 aliphatic carbocycles. The first kappa shape index (κ1) is 14.8. The van der Waals surface area contributed by atoms with E-state index in [0.29, 0.717) is 0 Å². The lowest BCUT2D eigenvalue weighted by Gasteiger charge is -2.40. The van der Waals surface area contributed by atoms with E-state index in [1.807, 2.05) is 0 Å². The maximum atomic E-state index is 13.8. The van der Waals surface area contributed by atoms with Crippen LogP contribution in [0.25, 0.3) is 0 Å². The number of carbonyl (C=O) groups excluding carboxylic acids is 2. The molecule has 1 aliphatic rings. The van der Waals surface area contributed by atoms with Crippen LogP contribution < -0.4 is 5.32 Å². The van der Waals surface area contributed by atoms with Crippen LogP contribution in [0.3, 0.4) is 0 Å². The van der Waals surface area contributed by atoms with Gasteiger partial charge in [0.25, 0.3) is 0 Å². The first-order valence-electron chi connectivity index (χ1n) is 5.34. The molecule has 0 aromatic carbocycles. The van der Waals surface area contributed by atoms with Gasteiger partial charge in [0.15, 0.2) is 18.6 Å². The molecule has 0 spiro atoms. The van der Waals surface area contributed by atoms with Gasteiger partial charge in [-0.05, 0) is 0 Å². The monoisotopic (exact) mass is 267 g/mol. The molecule has 18 heavy (non-hydrogen) atoms. The van der Waals surface area contributed by atoms with Crippen LogP contribution in [0.4, 0.5) is 8.78 Å². The number of amides is 1. The van der Waals surface area contributed by atoms with Crippen molar-refractivity contribution in [3.05, 3.63) is 0 Å². The summed E-state index contributed by atoms with van der Waals surface area (Å²) in [6.45, 7) is 1.01. The second-order valence-electron chi connectivity index (χ2n) is 3.96. The molecule has 2 N–H and O–H groups in total. The van der Waals surface area contributed by atoms with E-state index in [-0.39, 0.29) is 0 Å². The van der Waals surface area contributed by atoms with E-state index in [1.165, 1.54) is 0 Å². The Kier molecular flexibility index (Phi) is 4.97. The van der Waals surface area contributed by atoms with Gasteiger partial charge in [0.1, 0.15) is 18.8 Å². The number of esters is 1. The Morgan fingerprint density at radius 3 is 2.50 bits per heavy atom. The van der Waals surface area contributed by atoms with Gasteiger partial charge in [-0.15, -0.1) is 0 Å². The molecule has 1 amide bonds. The number of aliphatic hydroxyl groups is 1. The summed E-state index contributed by atoms with van der Waals surface area (Å²) in [6, 6.07) is -1.27. The summed E-state index contributed by atoms with van der Waals surface area (Å²) in [5.74, 6) is -1.37. The quantitative estimate of drug-likeness (QED) is 0.670. The second-order valence-corrected chi connectivity index (χ2v) is 3.96. The molecule has 0 radical (unpaired) electrons. The third kappa shape index (κ3) is 3.36. The molecule has 1 heterocycles. The first-order valence-corrected chi connectivity index (χ1v) is 5.34. The summed E-state index contributed by atoms with van der Waals surface area (Å²) < 4.78 is 35.7. The van der Waals surface area contributed by atoms with Crippen molar-refractivity contribution in [2.45, 2.75) is 44.6 Å². The van der Waals surface area contributed by atoms with E-state index in [1.54, 1.807) is 0 Å². The molecule has 0 aromatic heterocycles. The summed E-state index contributed by atoms with van der Waals surface area (Å²) in [6.07, 6.45) is -6.64. The molecular weight excluding hydrogens is 252 g/mol. The molecule has 1 aliphatic heterocycles. The highest BCUT2D eigenvalue weighted by molar-refractivity contribution is 5.73. The minimum absolute atomic E-state index is 0.564. The lowest BCUT2D eigenvalue weighted by molar-refractivity contribution is -0.241. The normalized spacial score (nSPS) is 35.9. The number of halogens is 2. The zero-order valence-corrected chi connectivity index (χ0v) is 9.93. The van der Waals surface area contributed by atoms with Gasteiger partial charge in [-0.2, -0.15) is 0 Å².